The Balaban J connectivity index is 1.48. The number of likely N-dealkylation sites (tertiary alicyclic amines) is 1. The first-order valence-corrected chi connectivity index (χ1v) is 7.62. The molecule has 3 aliphatic rings. The molecule has 3 fully saturated rings. The van der Waals surface area contributed by atoms with Crippen LogP contribution in [-0.4, -0.2) is 72.6 Å². The van der Waals surface area contributed by atoms with Crippen LogP contribution in [0.25, 0.3) is 0 Å². The fourth-order valence-corrected chi connectivity index (χ4v) is 3.46. The zero-order chi connectivity index (χ0) is 14.1. The number of carbonyl (C=O) groups is 2. The molecule has 0 radical (unpaired) electrons. The molecule has 6 heteroatoms. The van der Waals surface area contributed by atoms with E-state index in [4.69, 9.17) is 4.74 Å². The van der Waals surface area contributed by atoms with Gasteiger partial charge in [-0.15, -0.1) is 0 Å². The van der Waals surface area contributed by atoms with Gasteiger partial charge in [-0.05, 0) is 26.3 Å². The van der Waals surface area contributed by atoms with E-state index in [-0.39, 0.29) is 30.4 Å². The van der Waals surface area contributed by atoms with Crippen molar-refractivity contribution in [2.75, 3.05) is 32.8 Å². The van der Waals surface area contributed by atoms with Gasteiger partial charge in [0, 0.05) is 25.7 Å². The molecule has 2 amide bonds. The number of nitrogens with zero attached hydrogens (tertiary/aromatic N) is 2. The lowest BCUT2D eigenvalue weighted by Crippen LogP contribution is -2.51. The molecule has 0 bridgehead atoms. The number of fused-ring (bicyclic) bond motifs is 1. The zero-order valence-corrected chi connectivity index (χ0v) is 12.0. The van der Waals surface area contributed by atoms with Gasteiger partial charge in [0.15, 0.2) is 0 Å². The second-order valence-corrected chi connectivity index (χ2v) is 5.89. The van der Waals surface area contributed by atoms with Gasteiger partial charge >= 0.3 is 0 Å². The molecule has 0 aromatic carbocycles. The summed E-state index contributed by atoms with van der Waals surface area (Å²) < 4.78 is 5.85. The minimum absolute atomic E-state index is 0.0702. The predicted molar refractivity (Wildman–Crippen MR) is 73.1 cm³/mol. The van der Waals surface area contributed by atoms with Crippen LogP contribution in [0.5, 0.6) is 0 Å². The van der Waals surface area contributed by atoms with Gasteiger partial charge < -0.3 is 10.1 Å². The monoisotopic (exact) mass is 281 g/mol. The van der Waals surface area contributed by atoms with E-state index in [2.05, 4.69) is 10.2 Å². The molecule has 0 aromatic rings. The molecule has 3 atom stereocenters. The highest BCUT2D eigenvalue weighted by Crippen LogP contribution is 2.22. The molecule has 3 aliphatic heterocycles. The van der Waals surface area contributed by atoms with Crippen molar-refractivity contribution in [1.82, 2.24) is 15.1 Å². The number of imide groups is 1. The van der Waals surface area contributed by atoms with Crippen molar-refractivity contribution >= 4 is 11.8 Å². The number of likely N-dealkylation sites (N-methyl/N-ethyl adjacent to an activating group) is 1. The van der Waals surface area contributed by atoms with Crippen LogP contribution in [0.2, 0.25) is 0 Å². The number of morpholine rings is 1. The Labute approximate surface area is 119 Å². The molecule has 0 aliphatic carbocycles. The highest BCUT2D eigenvalue weighted by atomic mass is 16.5. The van der Waals surface area contributed by atoms with Crippen LogP contribution in [0.15, 0.2) is 0 Å². The first kappa shape index (κ1) is 14.0. The molecule has 3 rings (SSSR count). The van der Waals surface area contributed by atoms with Crippen LogP contribution in [-0.2, 0) is 14.3 Å². The van der Waals surface area contributed by atoms with Gasteiger partial charge in [0.2, 0.25) is 11.8 Å². The number of amides is 2. The maximum atomic E-state index is 12.0. The number of ether oxygens (including phenoxy) is 1. The molecule has 3 unspecified atom stereocenters. The first-order chi connectivity index (χ1) is 9.69. The standard InChI is InChI=1S/C14H23N3O3/c1-2-17-13(18)6-12(14(17)19)15-7-11-8-16-5-3-4-10(16)9-20-11/h10-12,15H,2-9H2,1H3. The molecule has 3 saturated heterocycles. The van der Waals surface area contributed by atoms with Crippen LogP contribution in [0.4, 0.5) is 0 Å². The molecule has 1 N–H and O–H groups in total. The minimum atomic E-state index is -0.359. The third-order valence-electron chi connectivity index (χ3n) is 4.61. The topological polar surface area (TPSA) is 61.9 Å². The maximum absolute atomic E-state index is 12.0. The van der Waals surface area contributed by atoms with Crippen molar-refractivity contribution in [3.8, 4) is 0 Å². The van der Waals surface area contributed by atoms with Gasteiger partial charge in [-0.1, -0.05) is 0 Å². The van der Waals surface area contributed by atoms with Gasteiger partial charge in [-0.3, -0.25) is 19.4 Å². The van der Waals surface area contributed by atoms with E-state index in [1.54, 1.807) is 0 Å². The summed E-state index contributed by atoms with van der Waals surface area (Å²) in [5, 5.41) is 3.21. The summed E-state index contributed by atoms with van der Waals surface area (Å²) in [6.07, 6.45) is 2.91. The molecule has 3 heterocycles. The highest BCUT2D eigenvalue weighted by molar-refractivity contribution is 6.05. The second-order valence-electron chi connectivity index (χ2n) is 5.89. The van der Waals surface area contributed by atoms with Crippen LogP contribution in [0.3, 0.4) is 0 Å². The SMILES string of the molecule is CCN1C(=O)CC(NCC2CN3CCCC3CO2)C1=O. The van der Waals surface area contributed by atoms with Crippen molar-refractivity contribution in [2.45, 2.75) is 44.4 Å². The quantitative estimate of drug-likeness (QED) is 0.710. The Kier molecular flexibility index (Phi) is 4.05. The van der Waals surface area contributed by atoms with Crippen LogP contribution in [0, 0.1) is 0 Å². The summed E-state index contributed by atoms with van der Waals surface area (Å²) in [6.45, 7) is 5.83. The smallest absolute Gasteiger partial charge is 0.246 e. The highest BCUT2D eigenvalue weighted by Gasteiger charge is 2.38. The van der Waals surface area contributed by atoms with Gasteiger partial charge in [0.1, 0.15) is 0 Å². The van der Waals surface area contributed by atoms with Gasteiger partial charge in [0.05, 0.1) is 25.2 Å². The summed E-state index contributed by atoms with van der Waals surface area (Å²) in [4.78, 5) is 27.5. The van der Waals surface area contributed by atoms with E-state index in [1.165, 1.54) is 17.7 Å². The van der Waals surface area contributed by atoms with E-state index in [0.29, 0.717) is 19.1 Å². The molecule has 112 valence electrons. The van der Waals surface area contributed by atoms with Crippen LogP contribution >= 0.6 is 0 Å². The molecule has 6 nitrogen and oxygen atoms in total. The van der Waals surface area contributed by atoms with Crippen molar-refractivity contribution in [3.63, 3.8) is 0 Å². The third kappa shape index (κ3) is 2.60. The van der Waals surface area contributed by atoms with E-state index in [0.717, 1.165) is 19.7 Å². The average molecular weight is 281 g/mol. The molecule has 0 aromatic heterocycles. The lowest BCUT2D eigenvalue weighted by Gasteiger charge is -2.35. The van der Waals surface area contributed by atoms with E-state index >= 15 is 0 Å². The van der Waals surface area contributed by atoms with Crippen molar-refractivity contribution in [2.24, 2.45) is 0 Å². The Morgan fingerprint density at radius 3 is 3.00 bits per heavy atom. The average Bonchev–Trinajstić information content (AvgIpc) is 3.00. The Morgan fingerprint density at radius 2 is 2.25 bits per heavy atom. The fourth-order valence-electron chi connectivity index (χ4n) is 3.46. The minimum Gasteiger partial charge on any atom is -0.374 e. The summed E-state index contributed by atoms with van der Waals surface area (Å²) in [7, 11) is 0. The summed E-state index contributed by atoms with van der Waals surface area (Å²) >= 11 is 0. The van der Waals surface area contributed by atoms with E-state index in [1.807, 2.05) is 6.92 Å². The normalized spacial score (nSPS) is 34.9. The van der Waals surface area contributed by atoms with Crippen molar-refractivity contribution < 1.29 is 14.3 Å². The summed E-state index contributed by atoms with van der Waals surface area (Å²) in [6, 6.07) is 0.235. The van der Waals surface area contributed by atoms with Gasteiger partial charge in [-0.2, -0.15) is 0 Å². The summed E-state index contributed by atoms with van der Waals surface area (Å²) in [5.41, 5.74) is 0. The van der Waals surface area contributed by atoms with Crippen LogP contribution in [0.1, 0.15) is 26.2 Å². The van der Waals surface area contributed by atoms with Gasteiger partial charge in [-0.25, -0.2) is 0 Å². The number of rotatable bonds is 4. The molecular formula is C14H23N3O3. The zero-order valence-electron chi connectivity index (χ0n) is 12.0. The Bertz CT molecular complexity index is 401. The summed E-state index contributed by atoms with van der Waals surface area (Å²) in [5.74, 6) is -0.161. The van der Waals surface area contributed by atoms with E-state index in [9.17, 15) is 9.59 Å². The molecule has 20 heavy (non-hydrogen) atoms. The number of hydrogen-bond acceptors (Lipinski definition) is 5. The molecular weight excluding hydrogens is 258 g/mol. The van der Waals surface area contributed by atoms with Crippen molar-refractivity contribution in [1.29, 1.82) is 0 Å². The Hall–Kier alpha value is -0.980. The number of carbonyl (C=O) groups excluding carboxylic acids is 2. The number of hydrogen-bond donors (Lipinski definition) is 1. The number of nitrogens with one attached hydrogen (secondary N) is 1. The maximum Gasteiger partial charge on any atom is 0.246 e. The Morgan fingerprint density at radius 1 is 1.40 bits per heavy atom. The second kappa shape index (κ2) is 5.79. The predicted octanol–water partition coefficient (Wildman–Crippen LogP) is -0.413. The first-order valence-electron chi connectivity index (χ1n) is 7.62. The third-order valence-corrected chi connectivity index (χ3v) is 4.61. The largest absolute Gasteiger partial charge is 0.374 e. The van der Waals surface area contributed by atoms with Gasteiger partial charge in [0.25, 0.3) is 0 Å². The lowest BCUT2D eigenvalue weighted by molar-refractivity contribution is -0.138. The fraction of sp³-hybridized carbons (Fsp3) is 0.857. The molecule has 0 spiro atoms. The van der Waals surface area contributed by atoms with Crippen LogP contribution < -0.4 is 5.32 Å². The molecule has 0 saturated carbocycles. The van der Waals surface area contributed by atoms with Crippen molar-refractivity contribution in [3.05, 3.63) is 0 Å². The lowest BCUT2D eigenvalue weighted by atomic mass is 10.1. The van der Waals surface area contributed by atoms with E-state index < -0.39 is 0 Å².